The molecule has 17 heavy (non-hydrogen) atoms. The van der Waals surface area contributed by atoms with Gasteiger partial charge in [0.25, 0.3) is 0 Å². The highest BCUT2D eigenvalue weighted by Crippen LogP contribution is 2.24. The highest BCUT2D eigenvalue weighted by atomic mass is 16.3. The Morgan fingerprint density at radius 1 is 1.53 bits per heavy atom. The van der Waals surface area contributed by atoms with Gasteiger partial charge in [0.05, 0.1) is 6.10 Å². The van der Waals surface area contributed by atoms with Crippen molar-refractivity contribution in [2.75, 3.05) is 29.9 Å². The van der Waals surface area contributed by atoms with Crippen molar-refractivity contribution >= 4 is 11.6 Å². The van der Waals surface area contributed by atoms with E-state index in [1.165, 1.54) is 0 Å². The Kier molecular flexibility index (Phi) is 3.78. The second-order valence-electron chi connectivity index (χ2n) is 4.44. The summed E-state index contributed by atoms with van der Waals surface area (Å²) in [5.74, 6) is 1.83. The SMILES string of the molecule is CCNc1ncnc(N2CCCC(O)C2)c1C. The third-order valence-electron chi connectivity index (χ3n) is 3.10. The van der Waals surface area contributed by atoms with E-state index in [0.29, 0.717) is 6.54 Å². The van der Waals surface area contributed by atoms with Crippen molar-refractivity contribution in [3.63, 3.8) is 0 Å². The number of piperidine rings is 1. The van der Waals surface area contributed by atoms with Crippen molar-refractivity contribution in [2.45, 2.75) is 32.8 Å². The van der Waals surface area contributed by atoms with Gasteiger partial charge in [0.2, 0.25) is 0 Å². The number of aliphatic hydroxyl groups is 1. The average Bonchev–Trinajstić information content (AvgIpc) is 2.32. The second-order valence-corrected chi connectivity index (χ2v) is 4.44. The lowest BCUT2D eigenvalue weighted by Gasteiger charge is -2.32. The van der Waals surface area contributed by atoms with Crippen molar-refractivity contribution in [1.29, 1.82) is 0 Å². The van der Waals surface area contributed by atoms with Crippen molar-refractivity contribution < 1.29 is 5.11 Å². The van der Waals surface area contributed by atoms with E-state index < -0.39 is 0 Å². The van der Waals surface area contributed by atoms with Crippen LogP contribution in [0.25, 0.3) is 0 Å². The number of β-amino-alcohol motifs (C(OH)–C–C–N with tert-alkyl or cyclic N) is 1. The number of nitrogens with one attached hydrogen (secondary N) is 1. The quantitative estimate of drug-likeness (QED) is 0.825. The Morgan fingerprint density at radius 2 is 2.35 bits per heavy atom. The van der Waals surface area contributed by atoms with Gasteiger partial charge in [-0.25, -0.2) is 9.97 Å². The summed E-state index contributed by atoms with van der Waals surface area (Å²) in [6.07, 6.45) is 3.25. The van der Waals surface area contributed by atoms with Crippen LogP contribution in [0.15, 0.2) is 6.33 Å². The standard InChI is InChI=1S/C12H20N4O/c1-3-13-11-9(2)12(15-8-14-11)16-6-4-5-10(17)7-16/h8,10,17H,3-7H2,1-2H3,(H,13,14,15). The lowest BCUT2D eigenvalue weighted by atomic mass is 10.1. The molecule has 5 nitrogen and oxygen atoms in total. The Hall–Kier alpha value is -1.36. The molecule has 1 aliphatic rings. The van der Waals surface area contributed by atoms with E-state index in [9.17, 15) is 5.11 Å². The van der Waals surface area contributed by atoms with Crippen molar-refractivity contribution in [3.05, 3.63) is 11.9 Å². The largest absolute Gasteiger partial charge is 0.391 e. The maximum absolute atomic E-state index is 9.70. The van der Waals surface area contributed by atoms with Gasteiger partial charge in [0, 0.05) is 25.2 Å². The normalized spacial score (nSPS) is 20.4. The van der Waals surface area contributed by atoms with Crippen molar-refractivity contribution in [2.24, 2.45) is 0 Å². The molecule has 1 fully saturated rings. The molecular formula is C12H20N4O. The zero-order valence-electron chi connectivity index (χ0n) is 10.5. The summed E-state index contributed by atoms with van der Waals surface area (Å²) in [7, 11) is 0. The van der Waals surface area contributed by atoms with Gasteiger partial charge in [-0.1, -0.05) is 0 Å². The monoisotopic (exact) mass is 236 g/mol. The van der Waals surface area contributed by atoms with Gasteiger partial charge in [-0.05, 0) is 26.7 Å². The minimum Gasteiger partial charge on any atom is -0.391 e. The number of nitrogens with zero attached hydrogens (tertiary/aromatic N) is 3. The van der Waals surface area contributed by atoms with E-state index in [-0.39, 0.29) is 6.10 Å². The summed E-state index contributed by atoms with van der Waals surface area (Å²) in [6.45, 7) is 6.55. The summed E-state index contributed by atoms with van der Waals surface area (Å²) in [4.78, 5) is 10.7. The molecule has 0 spiro atoms. The molecule has 0 amide bonds. The predicted molar refractivity (Wildman–Crippen MR) is 68.4 cm³/mol. The summed E-state index contributed by atoms with van der Waals surface area (Å²) >= 11 is 0. The summed E-state index contributed by atoms with van der Waals surface area (Å²) in [5.41, 5.74) is 1.06. The van der Waals surface area contributed by atoms with Crippen molar-refractivity contribution in [1.82, 2.24) is 9.97 Å². The molecule has 1 aliphatic heterocycles. The fraction of sp³-hybridized carbons (Fsp3) is 0.667. The van der Waals surface area contributed by atoms with Crippen LogP contribution in [0.1, 0.15) is 25.3 Å². The van der Waals surface area contributed by atoms with E-state index >= 15 is 0 Å². The molecule has 0 saturated carbocycles. The summed E-state index contributed by atoms with van der Waals surface area (Å²) in [6, 6.07) is 0. The molecule has 1 aromatic heterocycles. The zero-order valence-corrected chi connectivity index (χ0v) is 10.5. The Labute approximate surface area is 102 Å². The van der Waals surface area contributed by atoms with Crippen LogP contribution in [0, 0.1) is 6.92 Å². The summed E-state index contributed by atoms with van der Waals surface area (Å²) < 4.78 is 0. The smallest absolute Gasteiger partial charge is 0.137 e. The minimum absolute atomic E-state index is 0.235. The third-order valence-corrected chi connectivity index (χ3v) is 3.10. The van der Waals surface area contributed by atoms with Crippen LogP contribution in [0.2, 0.25) is 0 Å². The molecule has 1 unspecified atom stereocenters. The molecule has 94 valence electrons. The molecule has 2 rings (SSSR count). The molecule has 1 aromatic rings. The molecular weight excluding hydrogens is 216 g/mol. The first-order valence-electron chi connectivity index (χ1n) is 6.21. The van der Waals surface area contributed by atoms with E-state index in [0.717, 1.165) is 43.1 Å². The Bertz CT molecular complexity index is 383. The minimum atomic E-state index is -0.235. The van der Waals surface area contributed by atoms with Crippen LogP contribution >= 0.6 is 0 Å². The number of anilines is 2. The number of hydrogen-bond donors (Lipinski definition) is 2. The van der Waals surface area contributed by atoms with Crippen LogP contribution in [-0.2, 0) is 0 Å². The van der Waals surface area contributed by atoms with E-state index in [1.807, 2.05) is 13.8 Å². The van der Waals surface area contributed by atoms with E-state index in [4.69, 9.17) is 0 Å². The molecule has 5 heteroatoms. The van der Waals surface area contributed by atoms with E-state index in [2.05, 4.69) is 20.2 Å². The molecule has 0 aromatic carbocycles. The van der Waals surface area contributed by atoms with Crippen LogP contribution in [0.4, 0.5) is 11.6 Å². The molecule has 1 saturated heterocycles. The number of aromatic nitrogens is 2. The van der Waals surface area contributed by atoms with Crippen molar-refractivity contribution in [3.8, 4) is 0 Å². The van der Waals surface area contributed by atoms with Gasteiger partial charge >= 0.3 is 0 Å². The molecule has 0 bridgehead atoms. The lowest BCUT2D eigenvalue weighted by Crippen LogP contribution is -2.39. The zero-order chi connectivity index (χ0) is 12.3. The third kappa shape index (κ3) is 2.66. The predicted octanol–water partition coefficient (Wildman–Crippen LogP) is 1.18. The Morgan fingerprint density at radius 3 is 3.06 bits per heavy atom. The average molecular weight is 236 g/mol. The molecule has 0 aliphatic carbocycles. The maximum atomic E-state index is 9.70. The number of aliphatic hydroxyl groups excluding tert-OH is 1. The first-order valence-corrected chi connectivity index (χ1v) is 6.21. The lowest BCUT2D eigenvalue weighted by molar-refractivity contribution is 0.154. The summed E-state index contributed by atoms with van der Waals surface area (Å²) in [5, 5.41) is 12.9. The molecule has 0 radical (unpaired) electrons. The molecule has 2 heterocycles. The van der Waals surface area contributed by atoms with Crippen LogP contribution in [0.3, 0.4) is 0 Å². The number of hydrogen-bond acceptors (Lipinski definition) is 5. The van der Waals surface area contributed by atoms with Crippen LogP contribution < -0.4 is 10.2 Å². The van der Waals surface area contributed by atoms with Gasteiger partial charge in [0.15, 0.2) is 0 Å². The van der Waals surface area contributed by atoms with Crippen LogP contribution in [-0.4, -0.2) is 40.8 Å². The number of rotatable bonds is 3. The van der Waals surface area contributed by atoms with E-state index in [1.54, 1.807) is 6.33 Å². The van der Waals surface area contributed by atoms with Gasteiger partial charge in [-0.3, -0.25) is 0 Å². The van der Waals surface area contributed by atoms with Gasteiger partial charge in [-0.2, -0.15) is 0 Å². The fourth-order valence-electron chi connectivity index (χ4n) is 2.25. The molecule has 1 atom stereocenters. The second kappa shape index (κ2) is 5.31. The topological polar surface area (TPSA) is 61.3 Å². The highest BCUT2D eigenvalue weighted by Gasteiger charge is 2.21. The highest BCUT2D eigenvalue weighted by molar-refractivity contribution is 5.58. The maximum Gasteiger partial charge on any atom is 0.137 e. The first kappa shape index (κ1) is 12.1. The fourth-order valence-corrected chi connectivity index (χ4v) is 2.25. The Balaban J connectivity index is 2.22. The van der Waals surface area contributed by atoms with Gasteiger partial charge in [0.1, 0.15) is 18.0 Å². The van der Waals surface area contributed by atoms with Crippen LogP contribution in [0.5, 0.6) is 0 Å². The first-order chi connectivity index (χ1) is 8.22. The molecule has 2 N–H and O–H groups in total. The van der Waals surface area contributed by atoms with Gasteiger partial charge < -0.3 is 15.3 Å². The van der Waals surface area contributed by atoms with Gasteiger partial charge in [-0.15, -0.1) is 0 Å².